The van der Waals surface area contributed by atoms with Gasteiger partial charge in [-0.25, -0.2) is 0 Å². The minimum atomic E-state index is 0.642. The normalized spacial score (nSPS) is 19.5. The Hall–Kier alpha value is -0.190. The Balaban J connectivity index is 2.00. The van der Waals surface area contributed by atoms with E-state index in [1.807, 2.05) is 0 Å². The number of rotatable bonds is 5. The molecule has 0 saturated carbocycles. The molecule has 1 aliphatic heterocycles. The Morgan fingerprint density at radius 2 is 2.41 bits per heavy atom. The molecule has 94 valence electrons. The summed E-state index contributed by atoms with van der Waals surface area (Å²) < 4.78 is 6.36. The van der Waals surface area contributed by atoms with E-state index in [0.29, 0.717) is 6.61 Å². The van der Waals surface area contributed by atoms with E-state index < -0.39 is 0 Å². The molecular weight excluding hydrogens is 298 g/mol. The molecule has 2 nitrogen and oxygen atoms in total. The van der Waals surface area contributed by atoms with Crippen molar-refractivity contribution in [2.75, 3.05) is 30.5 Å². The molecule has 1 N–H and O–H groups in total. The first-order chi connectivity index (χ1) is 8.31. The zero-order chi connectivity index (χ0) is 12.1. The SMILES string of the molecule is COCc1c(Br)cccc1NCC1CCSC1. The number of thioether (sulfide) groups is 1. The first kappa shape index (κ1) is 13.2. The average Bonchev–Trinajstić information content (AvgIpc) is 2.83. The van der Waals surface area contributed by atoms with Crippen molar-refractivity contribution in [3.05, 3.63) is 28.2 Å². The van der Waals surface area contributed by atoms with Gasteiger partial charge < -0.3 is 10.1 Å². The highest BCUT2D eigenvalue weighted by Crippen LogP contribution is 2.28. The van der Waals surface area contributed by atoms with E-state index in [1.165, 1.54) is 29.2 Å². The van der Waals surface area contributed by atoms with E-state index in [0.717, 1.165) is 16.9 Å². The Kier molecular flexibility index (Phi) is 5.19. The fourth-order valence-electron chi connectivity index (χ4n) is 2.01. The molecule has 4 heteroatoms. The second-order valence-corrected chi connectivity index (χ2v) is 6.31. The average molecular weight is 316 g/mol. The molecule has 0 aliphatic carbocycles. The summed E-state index contributed by atoms with van der Waals surface area (Å²) in [6, 6.07) is 6.25. The van der Waals surface area contributed by atoms with Gasteiger partial charge in [-0.3, -0.25) is 0 Å². The van der Waals surface area contributed by atoms with Crippen LogP contribution >= 0.6 is 27.7 Å². The fraction of sp³-hybridized carbons (Fsp3) is 0.538. The van der Waals surface area contributed by atoms with Gasteiger partial charge >= 0.3 is 0 Å². The molecule has 0 amide bonds. The lowest BCUT2D eigenvalue weighted by Crippen LogP contribution is -2.14. The lowest BCUT2D eigenvalue weighted by atomic mass is 10.1. The van der Waals surface area contributed by atoms with Crippen molar-refractivity contribution in [3.8, 4) is 0 Å². The second kappa shape index (κ2) is 6.66. The van der Waals surface area contributed by atoms with Gasteiger partial charge in [0.1, 0.15) is 0 Å². The number of anilines is 1. The van der Waals surface area contributed by atoms with E-state index in [1.54, 1.807) is 7.11 Å². The van der Waals surface area contributed by atoms with Crippen LogP contribution in [-0.4, -0.2) is 25.2 Å². The molecule has 17 heavy (non-hydrogen) atoms. The highest BCUT2D eigenvalue weighted by Gasteiger charge is 2.15. The third kappa shape index (κ3) is 3.63. The van der Waals surface area contributed by atoms with Crippen LogP contribution in [0.2, 0.25) is 0 Å². The molecule has 1 unspecified atom stereocenters. The molecule has 1 aromatic carbocycles. The number of methoxy groups -OCH3 is 1. The van der Waals surface area contributed by atoms with Crippen LogP contribution in [0.15, 0.2) is 22.7 Å². The minimum Gasteiger partial charge on any atom is -0.384 e. The van der Waals surface area contributed by atoms with Gasteiger partial charge in [0.05, 0.1) is 6.61 Å². The van der Waals surface area contributed by atoms with E-state index in [2.05, 4.69) is 51.2 Å². The number of hydrogen-bond donors (Lipinski definition) is 1. The minimum absolute atomic E-state index is 0.642. The summed E-state index contributed by atoms with van der Waals surface area (Å²) in [7, 11) is 1.73. The topological polar surface area (TPSA) is 21.3 Å². The van der Waals surface area contributed by atoms with E-state index in [9.17, 15) is 0 Å². The smallest absolute Gasteiger partial charge is 0.0744 e. The van der Waals surface area contributed by atoms with Gasteiger partial charge in [0, 0.05) is 29.4 Å². The molecule has 1 aliphatic rings. The van der Waals surface area contributed by atoms with Crippen molar-refractivity contribution >= 4 is 33.4 Å². The van der Waals surface area contributed by atoms with Gasteiger partial charge in [-0.15, -0.1) is 0 Å². The fourth-order valence-corrected chi connectivity index (χ4v) is 3.78. The summed E-state index contributed by atoms with van der Waals surface area (Å²) in [5.74, 6) is 3.42. The van der Waals surface area contributed by atoms with E-state index >= 15 is 0 Å². The van der Waals surface area contributed by atoms with Crippen LogP contribution in [-0.2, 0) is 11.3 Å². The van der Waals surface area contributed by atoms with Crippen LogP contribution in [0.5, 0.6) is 0 Å². The number of nitrogens with one attached hydrogen (secondary N) is 1. The van der Waals surface area contributed by atoms with Crippen molar-refractivity contribution in [1.29, 1.82) is 0 Å². The third-order valence-electron chi connectivity index (χ3n) is 3.01. The Bertz CT molecular complexity index is 366. The zero-order valence-corrected chi connectivity index (χ0v) is 12.4. The molecule has 0 radical (unpaired) electrons. The van der Waals surface area contributed by atoms with Crippen molar-refractivity contribution in [2.45, 2.75) is 13.0 Å². The second-order valence-electron chi connectivity index (χ2n) is 4.31. The zero-order valence-electron chi connectivity index (χ0n) is 10.0. The molecule has 0 aromatic heterocycles. The highest BCUT2D eigenvalue weighted by atomic mass is 79.9. The number of benzene rings is 1. The van der Waals surface area contributed by atoms with Crippen LogP contribution in [0.4, 0.5) is 5.69 Å². The molecule has 2 rings (SSSR count). The van der Waals surface area contributed by atoms with Gasteiger partial charge in [0.2, 0.25) is 0 Å². The number of hydrogen-bond acceptors (Lipinski definition) is 3. The number of ether oxygens (including phenoxy) is 1. The Morgan fingerprint density at radius 1 is 1.53 bits per heavy atom. The van der Waals surface area contributed by atoms with E-state index in [4.69, 9.17) is 4.74 Å². The Morgan fingerprint density at radius 3 is 3.12 bits per heavy atom. The van der Waals surface area contributed by atoms with Crippen LogP contribution < -0.4 is 5.32 Å². The van der Waals surface area contributed by atoms with Crippen molar-refractivity contribution in [1.82, 2.24) is 0 Å². The monoisotopic (exact) mass is 315 g/mol. The van der Waals surface area contributed by atoms with Crippen LogP contribution in [0, 0.1) is 5.92 Å². The number of halogens is 1. The molecule has 1 atom stereocenters. The standard InChI is InChI=1S/C13H18BrNOS/c1-16-8-11-12(14)3-2-4-13(11)15-7-10-5-6-17-9-10/h2-4,10,15H,5-9H2,1H3. The predicted octanol–water partition coefficient (Wildman–Crippen LogP) is 3.76. The Labute approximate surface area is 116 Å². The maximum atomic E-state index is 5.25. The molecule has 1 heterocycles. The quantitative estimate of drug-likeness (QED) is 0.894. The van der Waals surface area contributed by atoms with Gasteiger partial charge in [0.25, 0.3) is 0 Å². The van der Waals surface area contributed by atoms with Crippen molar-refractivity contribution < 1.29 is 4.74 Å². The van der Waals surface area contributed by atoms with Gasteiger partial charge in [-0.05, 0) is 36.0 Å². The lowest BCUT2D eigenvalue weighted by Gasteiger charge is -2.15. The molecular formula is C13H18BrNOS. The van der Waals surface area contributed by atoms with Crippen LogP contribution in [0.25, 0.3) is 0 Å². The van der Waals surface area contributed by atoms with Crippen molar-refractivity contribution in [3.63, 3.8) is 0 Å². The predicted molar refractivity (Wildman–Crippen MR) is 78.8 cm³/mol. The van der Waals surface area contributed by atoms with Crippen LogP contribution in [0.3, 0.4) is 0 Å². The molecule has 1 aromatic rings. The van der Waals surface area contributed by atoms with Crippen molar-refractivity contribution in [2.24, 2.45) is 5.92 Å². The summed E-state index contributed by atoms with van der Waals surface area (Å²) in [5.41, 5.74) is 2.40. The molecule has 1 saturated heterocycles. The van der Waals surface area contributed by atoms with Crippen LogP contribution in [0.1, 0.15) is 12.0 Å². The summed E-state index contributed by atoms with van der Waals surface area (Å²) >= 11 is 5.64. The molecule has 1 fully saturated rings. The van der Waals surface area contributed by atoms with Gasteiger partial charge in [-0.1, -0.05) is 22.0 Å². The maximum Gasteiger partial charge on any atom is 0.0744 e. The first-order valence-electron chi connectivity index (χ1n) is 5.89. The summed E-state index contributed by atoms with van der Waals surface area (Å²) in [6.45, 7) is 1.71. The largest absolute Gasteiger partial charge is 0.384 e. The lowest BCUT2D eigenvalue weighted by molar-refractivity contribution is 0.185. The maximum absolute atomic E-state index is 5.25. The summed E-state index contributed by atoms with van der Waals surface area (Å²) in [4.78, 5) is 0. The van der Waals surface area contributed by atoms with E-state index in [-0.39, 0.29) is 0 Å². The van der Waals surface area contributed by atoms with Gasteiger partial charge in [-0.2, -0.15) is 11.8 Å². The highest BCUT2D eigenvalue weighted by molar-refractivity contribution is 9.10. The summed E-state index contributed by atoms with van der Waals surface area (Å²) in [5, 5.41) is 3.56. The molecule has 0 bridgehead atoms. The first-order valence-corrected chi connectivity index (χ1v) is 7.84. The van der Waals surface area contributed by atoms with Gasteiger partial charge in [0.15, 0.2) is 0 Å². The summed E-state index contributed by atoms with van der Waals surface area (Å²) in [6.07, 6.45) is 1.34. The third-order valence-corrected chi connectivity index (χ3v) is 4.99. The molecule has 0 spiro atoms.